The summed E-state index contributed by atoms with van der Waals surface area (Å²) < 4.78 is 6.90. The van der Waals surface area contributed by atoms with E-state index in [2.05, 4.69) is 5.10 Å². The second-order valence-corrected chi connectivity index (χ2v) is 6.88. The van der Waals surface area contributed by atoms with Crippen LogP contribution in [0.3, 0.4) is 0 Å². The molecular formula is C23H22N3O3+. The number of nitrogens with zero attached hydrogens (tertiary/aromatic N) is 3. The number of carbonyl (C=O) groups is 1. The third-order valence-corrected chi connectivity index (χ3v) is 4.93. The number of rotatable bonds is 5. The van der Waals surface area contributed by atoms with Gasteiger partial charge in [-0.25, -0.2) is 5.01 Å². The van der Waals surface area contributed by atoms with Gasteiger partial charge in [-0.3, -0.25) is 4.79 Å². The monoisotopic (exact) mass is 388 g/mol. The summed E-state index contributed by atoms with van der Waals surface area (Å²) in [5.41, 5.74) is 2.88. The molecule has 1 N–H and O–H groups in total. The number of hydrazone groups is 1. The van der Waals surface area contributed by atoms with Crippen molar-refractivity contribution in [3.8, 4) is 11.5 Å². The van der Waals surface area contributed by atoms with Crippen molar-refractivity contribution in [3.05, 3.63) is 90.3 Å². The quantitative estimate of drug-likeness (QED) is 0.683. The van der Waals surface area contributed by atoms with Crippen LogP contribution in [0.15, 0.2) is 84.2 Å². The van der Waals surface area contributed by atoms with Crippen LogP contribution in [0.1, 0.15) is 23.6 Å². The van der Waals surface area contributed by atoms with Crippen LogP contribution in [-0.4, -0.2) is 28.8 Å². The van der Waals surface area contributed by atoms with Crippen molar-refractivity contribution in [1.29, 1.82) is 0 Å². The minimum absolute atomic E-state index is 0.0899. The molecule has 1 aliphatic heterocycles. The Bertz CT molecular complexity index is 1030. The second-order valence-electron chi connectivity index (χ2n) is 6.88. The molecule has 1 aliphatic rings. The Morgan fingerprint density at radius 3 is 2.59 bits per heavy atom. The molecule has 1 aromatic heterocycles. The lowest BCUT2D eigenvalue weighted by Crippen LogP contribution is -2.42. The van der Waals surface area contributed by atoms with Crippen molar-refractivity contribution in [3.63, 3.8) is 0 Å². The summed E-state index contributed by atoms with van der Waals surface area (Å²) in [6.45, 7) is 0.0899. The molecule has 29 heavy (non-hydrogen) atoms. The molecule has 0 unspecified atom stereocenters. The van der Waals surface area contributed by atoms with Gasteiger partial charge >= 0.3 is 5.91 Å². The average molecular weight is 388 g/mol. The number of ether oxygens (including phenoxy) is 1. The number of benzene rings is 2. The first-order chi connectivity index (χ1) is 14.1. The highest BCUT2D eigenvalue weighted by molar-refractivity contribution is 6.03. The fraction of sp³-hybridized carbons (Fsp3) is 0.174. The number of hydrogen-bond acceptors (Lipinski definition) is 4. The van der Waals surface area contributed by atoms with Crippen LogP contribution in [0.2, 0.25) is 0 Å². The highest BCUT2D eigenvalue weighted by atomic mass is 16.5. The van der Waals surface area contributed by atoms with Crippen LogP contribution in [0, 0.1) is 0 Å². The van der Waals surface area contributed by atoms with Crippen LogP contribution in [0.4, 0.5) is 0 Å². The molecule has 0 saturated carbocycles. The maximum absolute atomic E-state index is 13.1. The molecule has 0 bridgehead atoms. The molecule has 0 fully saturated rings. The molecule has 1 atom stereocenters. The second kappa shape index (κ2) is 8.14. The van der Waals surface area contributed by atoms with E-state index in [-0.39, 0.29) is 24.2 Å². The average Bonchev–Trinajstić information content (AvgIpc) is 3.20. The number of aromatic hydroxyl groups is 1. The molecular weight excluding hydrogens is 366 g/mol. The van der Waals surface area contributed by atoms with Gasteiger partial charge in [0.2, 0.25) is 12.7 Å². The molecule has 6 heteroatoms. The van der Waals surface area contributed by atoms with Crippen molar-refractivity contribution in [2.24, 2.45) is 5.10 Å². The maximum atomic E-state index is 13.1. The Balaban J connectivity index is 1.64. The molecule has 0 spiro atoms. The zero-order chi connectivity index (χ0) is 20.2. The number of methoxy groups -OCH3 is 1. The summed E-state index contributed by atoms with van der Waals surface area (Å²) in [6, 6.07) is 20.7. The van der Waals surface area contributed by atoms with Gasteiger partial charge in [0, 0.05) is 12.5 Å². The van der Waals surface area contributed by atoms with Crippen LogP contribution in [0.25, 0.3) is 0 Å². The molecule has 146 valence electrons. The number of hydrogen-bond donors (Lipinski definition) is 1. The molecule has 3 aromatic rings. The third kappa shape index (κ3) is 4.11. The van der Waals surface area contributed by atoms with E-state index in [4.69, 9.17) is 4.74 Å². The lowest BCUT2D eigenvalue weighted by Gasteiger charge is -2.21. The Morgan fingerprint density at radius 1 is 1.14 bits per heavy atom. The third-order valence-electron chi connectivity index (χ3n) is 4.93. The number of carbonyl (C=O) groups excluding carboxylic acids is 1. The number of aromatic nitrogens is 1. The normalized spacial score (nSPS) is 15.8. The zero-order valence-corrected chi connectivity index (χ0v) is 16.1. The van der Waals surface area contributed by atoms with Gasteiger partial charge in [-0.2, -0.15) is 9.67 Å². The topological polar surface area (TPSA) is 66.0 Å². The highest BCUT2D eigenvalue weighted by Gasteiger charge is 2.34. The van der Waals surface area contributed by atoms with E-state index in [1.165, 1.54) is 6.20 Å². The van der Waals surface area contributed by atoms with E-state index in [0.29, 0.717) is 6.42 Å². The lowest BCUT2D eigenvalue weighted by molar-refractivity contribution is -0.685. The predicted octanol–water partition coefficient (Wildman–Crippen LogP) is 3.07. The first-order valence-electron chi connectivity index (χ1n) is 9.41. The molecule has 1 amide bonds. The molecule has 0 radical (unpaired) electrons. The molecule has 2 heterocycles. The molecule has 2 aromatic carbocycles. The van der Waals surface area contributed by atoms with Gasteiger partial charge in [-0.15, -0.1) is 0 Å². The summed E-state index contributed by atoms with van der Waals surface area (Å²) in [4.78, 5) is 13.1. The first-order valence-corrected chi connectivity index (χ1v) is 9.41. The van der Waals surface area contributed by atoms with Crippen LogP contribution < -0.4 is 9.30 Å². The van der Waals surface area contributed by atoms with Crippen molar-refractivity contribution < 1.29 is 19.2 Å². The van der Waals surface area contributed by atoms with Crippen molar-refractivity contribution >= 4 is 11.6 Å². The van der Waals surface area contributed by atoms with E-state index < -0.39 is 0 Å². The van der Waals surface area contributed by atoms with Crippen molar-refractivity contribution in [1.82, 2.24) is 5.01 Å². The fourth-order valence-electron chi connectivity index (χ4n) is 3.47. The Morgan fingerprint density at radius 2 is 1.90 bits per heavy atom. The van der Waals surface area contributed by atoms with E-state index in [1.54, 1.807) is 35.0 Å². The summed E-state index contributed by atoms with van der Waals surface area (Å²) in [7, 11) is 1.63. The SMILES string of the molecule is COc1ccc([C@@H]2CC(c3ccccc3)=NN2C(=O)C[n+]2cccc(O)c2)cc1. The molecule has 0 saturated heterocycles. The van der Waals surface area contributed by atoms with Crippen molar-refractivity contribution in [2.75, 3.05) is 7.11 Å². The summed E-state index contributed by atoms with van der Waals surface area (Å²) in [5.74, 6) is 0.735. The fourth-order valence-corrected chi connectivity index (χ4v) is 3.47. The number of pyridine rings is 1. The van der Waals surface area contributed by atoms with E-state index in [9.17, 15) is 9.90 Å². The van der Waals surface area contributed by atoms with Gasteiger partial charge in [0.15, 0.2) is 11.9 Å². The molecule has 0 aliphatic carbocycles. The highest BCUT2D eigenvalue weighted by Crippen LogP contribution is 2.33. The van der Waals surface area contributed by atoms with Gasteiger partial charge < -0.3 is 9.84 Å². The van der Waals surface area contributed by atoms with Crippen LogP contribution >= 0.6 is 0 Å². The van der Waals surface area contributed by atoms with E-state index in [0.717, 1.165) is 22.6 Å². The summed E-state index contributed by atoms with van der Waals surface area (Å²) in [5, 5.41) is 15.9. The maximum Gasteiger partial charge on any atom is 0.309 e. The summed E-state index contributed by atoms with van der Waals surface area (Å²) in [6.07, 6.45) is 3.91. The van der Waals surface area contributed by atoms with Gasteiger partial charge in [0.25, 0.3) is 0 Å². The van der Waals surface area contributed by atoms with E-state index in [1.807, 2.05) is 54.6 Å². The Hall–Kier alpha value is -3.67. The smallest absolute Gasteiger partial charge is 0.309 e. The largest absolute Gasteiger partial charge is 0.503 e. The minimum Gasteiger partial charge on any atom is -0.503 e. The summed E-state index contributed by atoms with van der Waals surface area (Å²) >= 11 is 0. The Labute approximate surface area is 169 Å². The minimum atomic E-state index is -0.193. The van der Waals surface area contributed by atoms with Crippen LogP contribution in [-0.2, 0) is 11.3 Å². The Kier molecular flexibility index (Phi) is 5.24. The van der Waals surface area contributed by atoms with Crippen LogP contribution in [0.5, 0.6) is 11.5 Å². The van der Waals surface area contributed by atoms with Gasteiger partial charge in [-0.1, -0.05) is 42.5 Å². The molecule has 6 nitrogen and oxygen atoms in total. The van der Waals surface area contributed by atoms with Gasteiger partial charge in [0.1, 0.15) is 5.75 Å². The zero-order valence-electron chi connectivity index (χ0n) is 16.1. The van der Waals surface area contributed by atoms with E-state index >= 15 is 0 Å². The van der Waals surface area contributed by atoms with Crippen molar-refractivity contribution in [2.45, 2.75) is 19.0 Å². The number of amides is 1. The van der Waals surface area contributed by atoms with Gasteiger partial charge in [-0.05, 0) is 29.3 Å². The first kappa shape index (κ1) is 18.7. The standard InChI is InChI=1S/C23H21N3O3/c1-29-20-11-9-18(10-12-20)22-14-21(17-6-3-2-4-7-17)24-26(22)23(28)16-25-13-5-8-19(27)15-25/h2-13,15,22H,14,16H2,1H3/p+1/t22-/m0/s1. The lowest BCUT2D eigenvalue weighted by atomic mass is 9.98. The van der Waals surface area contributed by atoms with Gasteiger partial charge in [0.05, 0.1) is 18.9 Å². The predicted molar refractivity (Wildman–Crippen MR) is 108 cm³/mol. The molecule has 4 rings (SSSR count).